The van der Waals surface area contributed by atoms with Gasteiger partial charge in [-0.15, -0.1) is 0 Å². The fourth-order valence-electron chi connectivity index (χ4n) is 3.17. The Labute approximate surface area is 168 Å². The van der Waals surface area contributed by atoms with E-state index in [4.69, 9.17) is 4.74 Å². The second-order valence-corrected chi connectivity index (χ2v) is 6.75. The van der Waals surface area contributed by atoms with Gasteiger partial charge in [0.25, 0.3) is 5.91 Å². The molecule has 3 amide bonds. The van der Waals surface area contributed by atoms with E-state index in [1.54, 1.807) is 56.4 Å². The second-order valence-electron chi connectivity index (χ2n) is 6.75. The number of ether oxygens (including phenoxy) is 1. The van der Waals surface area contributed by atoms with E-state index in [1.165, 1.54) is 18.1 Å². The summed E-state index contributed by atoms with van der Waals surface area (Å²) >= 11 is 0. The van der Waals surface area contributed by atoms with Crippen LogP contribution < -0.4 is 15.5 Å². The Morgan fingerprint density at radius 3 is 2.55 bits per heavy atom. The van der Waals surface area contributed by atoms with E-state index >= 15 is 0 Å². The largest absolute Gasteiger partial charge is 0.383 e. The number of carbonyl (C=O) groups excluding carboxylic acids is 2. The summed E-state index contributed by atoms with van der Waals surface area (Å²) in [6.45, 7) is 2.09. The van der Waals surface area contributed by atoms with E-state index in [-0.39, 0.29) is 11.6 Å². The standard InChI is InChI=1S/C21H23FN4O3/c1-13(12-29-3)23-21(28)25-19-20(27)26(2)17-11-7-5-9-15(17)18(24-19)14-8-4-6-10-16(14)22/h4-11,13,19H,12H2,1-3H3,(H2,23,25,28). The van der Waals surface area contributed by atoms with Gasteiger partial charge in [0.2, 0.25) is 6.17 Å². The summed E-state index contributed by atoms with van der Waals surface area (Å²) in [5.74, 6) is -0.895. The summed E-state index contributed by atoms with van der Waals surface area (Å²) in [7, 11) is 3.13. The third-order valence-electron chi connectivity index (χ3n) is 4.53. The number of amides is 3. The van der Waals surface area contributed by atoms with Crippen molar-refractivity contribution in [2.45, 2.75) is 19.1 Å². The first-order valence-electron chi connectivity index (χ1n) is 9.18. The Bertz CT molecular complexity index is 947. The molecule has 7 nitrogen and oxygen atoms in total. The molecule has 29 heavy (non-hydrogen) atoms. The lowest BCUT2D eigenvalue weighted by Crippen LogP contribution is -2.51. The van der Waals surface area contributed by atoms with E-state index < -0.39 is 23.9 Å². The first-order valence-corrected chi connectivity index (χ1v) is 9.18. The Hall–Kier alpha value is -3.26. The molecule has 1 heterocycles. The molecule has 0 spiro atoms. The summed E-state index contributed by atoms with van der Waals surface area (Å²) in [6, 6.07) is 12.5. The predicted octanol–water partition coefficient (Wildman–Crippen LogP) is 2.30. The van der Waals surface area contributed by atoms with E-state index in [2.05, 4.69) is 15.6 Å². The zero-order valence-electron chi connectivity index (χ0n) is 16.5. The number of para-hydroxylation sites is 1. The maximum absolute atomic E-state index is 14.5. The molecule has 2 atom stereocenters. The van der Waals surface area contributed by atoms with Crippen molar-refractivity contribution >= 4 is 23.3 Å². The minimum Gasteiger partial charge on any atom is -0.383 e. The van der Waals surface area contributed by atoms with Crippen LogP contribution in [0.3, 0.4) is 0 Å². The number of benzodiazepines with no additional fused rings is 1. The van der Waals surface area contributed by atoms with E-state index in [0.717, 1.165) is 0 Å². The van der Waals surface area contributed by atoms with Gasteiger partial charge in [0.1, 0.15) is 5.82 Å². The smallest absolute Gasteiger partial charge is 0.317 e. The van der Waals surface area contributed by atoms with Gasteiger partial charge in [0, 0.05) is 25.3 Å². The van der Waals surface area contributed by atoms with Crippen LogP contribution >= 0.6 is 0 Å². The number of halogens is 1. The number of carbonyl (C=O) groups is 2. The molecule has 0 fully saturated rings. The number of nitrogens with zero attached hydrogens (tertiary/aromatic N) is 2. The Morgan fingerprint density at radius 1 is 1.21 bits per heavy atom. The van der Waals surface area contributed by atoms with E-state index in [0.29, 0.717) is 23.6 Å². The molecule has 1 aliphatic heterocycles. The lowest BCUT2D eigenvalue weighted by Gasteiger charge is -2.21. The molecule has 2 unspecified atom stereocenters. The number of benzene rings is 2. The van der Waals surface area contributed by atoms with Crippen molar-refractivity contribution in [1.82, 2.24) is 10.6 Å². The zero-order chi connectivity index (χ0) is 21.0. The quantitative estimate of drug-likeness (QED) is 0.811. The predicted molar refractivity (Wildman–Crippen MR) is 109 cm³/mol. The molecule has 2 N–H and O–H groups in total. The number of hydrogen-bond donors (Lipinski definition) is 2. The van der Waals surface area contributed by atoms with Crippen LogP contribution in [0.4, 0.5) is 14.9 Å². The van der Waals surface area contributed by atoms with E-state index in [9.17, 15) is 14.0 Å². The second kappa shape index (κ2) is 8.83. The molecular formula is C21H23FN4O3. The van der Waals surface area contributed by atoms with Gasteiger partial charge < -0.3 is 20.3 Å². The molecular weight excluding hydrogens is 375 g/mol. The van der Waals surface area contributed by atoms with Crippen molar-refractivity contribution in [2.75, 3.05) is 25.7 Å². The number of fused-ring (bicyclic) bond motifs is 1. The van der Waals surface area contributed by atoms with Crippen LogP contribution in [0.25, 0.3) is 0 Å². The molecule has 2 aromatic carbocycles. The van der Waals surface area contributed by atoms with Crippen LogP contribution in [-0.2, 0) is 9.53 Å². The summed E-state index contributed by atoms with van der Waals surface area (Å²) < 4.78 is 19.5. The Kier molecular flexibility index (Phi) is 6.23. The number of hydrogen-bond acceptors (Lipinski definition) is 4. The summed E-state index contributed by atoms with van der Waals surface area (Å²) in [5, 5.41) is 5.26. The van der Waals surface area contributed by atoms with Crippen molar-refractivity contribution in [1.29, 1.82) is 0 Å². The molecule has 1 aliphatic rings. The van der Waals surface area contributed by atoms with Crippen LogP contribution in [0.15, 0.2) is 53.5 Å². The van der Waals surface area contributed by atoms with Gasteiger partial charge in [-0.1, -0.05) is 30.3 Å². The molecule has 0 radical (unpaired) electrons. The summed E-state index contributed by atoms with van der Waals surface area (Å²) in [5.41, 5.74) is 1.73. The van der Waals surface area contributed by atoms with Crippen molar-refractivity contribution in [3.05, 3.63) is 65.5 Å². The number of aliphatic imine (C=N–C) groups is 1. The lowest BCUT2D eigenvalue weighted by atomic mass is 10.00. The molecule has 0 aliphatic carbocycles. The van der Waals surface area contributed by atoms with E-state index in [1.807, 2.05) is 0 Å². The average Bonchev–Trinajstić information content (AvgIpc) is 2.79. The monoisotopic (exact) mass is 398 g/mol. The van der Waals surface area contributed by atoms with Gasteiger partial charge in [0.15, 0.2) is 0 Å². The molecule has 2 aromatic rings. The first kappa shape index (κ1) is 20.5. The summed E-state index contributed by atoms with van der Waals surface area (Å²) in [4.78, 5) is 31.2. The highest BCUT2D eigenvalue weighted by molar-refractivity contribution is 6.20. The molecule has 0 saturated heterocycles. The Balaban J connectivity index is 2.02. The molecule has 152 valence electrons. The maximum Gasteiger partial charge on any atom is 0.317 e. The molecule has 3 rings (SSSR count). The highest BCUT2D eigenvalue weighted by Gasteiger charge is 2.31. The zero-order valence-corrected chi connectivity index (χ0v) is 16.5. The topological polar surface area (TPSA) is 83.0 Å². The number of urea groups is 1. The maximum atomic E-state index is 14.5. The van der Waals surface area contributed by atoms with Gasteiger partial charge in [-0.2, -0.15) is 0 Å². The number of rotatable bonds is 5. The minimum atomic E-state index is -1.21. The third-order valence-corrected chi connectivity index (χ3v) is 4.53. The molecule has 0 aromatic heterocycles. The van der Waals surface area contributed by atoms with Crippen LogP contribution in [0.5, 0.6) is 0 Å². The third kappa shape index (κ3) is 4.43. The van der Waals surface area contributed by atoms with Gasteiger partial charge in [-0.05, 0) is 25.1 Å². The van der Waals surface area contributed by atoms with Crippen LogP contribution in [0.1, 0.15) is 18.1 Å². The summed E-state index contributed by atoms with van der Waals surface area (Å²) in [6.07, 6.45) is -1.21. The number of methoxy groups -OCH3 is 1. The SMILES string of the molecule is COCC(C)NC(=O)NC1N=C(c2ccccc2F)c2ccccc2N(C)C1=O. The highest BCUT2D eigenvalue weighted by Crippen LogP contribution is 2.27. The van der Waals surface area contributed by atoms with Crippen molar-refractivity contribution in [2.24, 2.45) is 4.99 Å². The lowest BCUT2D eigenvalue weighted by molar-refractivity contribution is -0.119. The van der Waals surface area contributed by atoms with Crippen LogP contribution in [0.2, 0.25) is 0 Å². The van der Waals surface area contributed by atoms with Gasteiger partial charge in [0.05, 0.1) is 24.0 Å². The first-order chi connectivity index (χ1) is 13.9. The number of likely N-dealkylation sites (N-methyl/N-ethyl adjacent to an activating group) is 1. The molecule has 0 saturated carbocycles. The fraction of sp³-hybridized carbons (Fsp3) is 0.286. The minimum absolute atomic E-state index is 0.253. The number of anilines is 1. The van der Waals surface area contributed by atoms with Crippen LogP contribution in [-0.4, -0.2) is 50.6 Å². The highest BCUT2D eigenvalue weighted by atomic mass is 19.1. The Morgan fingerprint density at radius 2 is 1.86 bits per heavy atom. The normalized spacial score (nSPS) is 17.1. The fourth-order valence-corrected chi connectivity index (χ4v) is 3.17. The van der Waals surface area contributed by atoms with Crippen molar-refractivity contribution in [3.63, 3.8) is 0 Å². The number of nitrogens with one attached hydrogen (secondary N) is 2. The van der Waals surface area contributed by atoms with Crippen molar-refractivity contribution < 1.29 is 18.7 Å². The van der Waals surface area contributed by atoms with Crippen molar-refractivity contribution in [3.8, 4) is 0 Å². The van der Waals surface area contributed by atoms with Crippen LogP contribution in [0, 0.1) is 5.82 Å². The van der Waals surface area contributed by atoms with Gasteiger partial charge in [-0.3, -0.25) is 4.79 Å². The van der Waals surface area contributed by atoms with Gasteiger partial charge in [-0.25, -0.2) is 14.2 Å². The molecule has 8 heteroatoms. The van der Waals surface area contributed by atoms with Gasteiger partial charge >= 0.3 is 6.03 Å². The average molecular weight is 398 g/mol. The molecule has 0 bridgehead atoms.